The third-order valence-electron chi connectivity index (χ3n) is 4.31. The molecular weight excluding hydrogens is 364 g/mol. The Morgan fingerprint density at radius 3 is 2.41 bits per heavy atom. The van der Waals surface area contributed by atoms with Crippen molar-refractivity contribution >= 4 is 23.4 Å². The Kier molecular flexibility index (Phi) is 7.67. The minimum Gasteiger partial charge on any atom is -0.484 e. The summed E-state index contributed by atoms with van der Waals surface area (Å²) in [5, 5.41) is 3.18. The summed E-state index contributed by atoms with van der Waals surface area (Å²) >= 11 is 6.25. The van der Waals surface area contributed by atoms with E-state index in [1.807, 2.05) is 56.3 Å². The number of nitrogens with one attached hydrogen (secondary N) is 1. The molecule has 27 heavy (non-hydrogen) atoms. The second-order valence-corrected chi connectivity index (χ2v) is 6.66. The maximum atomic E-state index is 12.9. The number of likely N-dealkylation sites (N-methyl/N-ethyl adjacent to an activating group) is 1. The van der Waals surface area contributed by atoms with Gasteiger partial charge in [0.15, 0.2) is 6.61 Å². The standard InChI is InChI=1S/C21H25ClN2O3/c1-4-19(21(26)23-3)24(13-16-7-5-6-8-18(16)22)20(25)14-27-17-11-9-15(2)10-12-17/h5-12,19H,4,13-14H2,1-3H3,(H,23,26)/t19-/m1/s1. The second kappa shape index (κ2) is 9.97. The lowest BCUT2D eigenvalue weighted by Gasteiger charge is -2.30. The second-order valence-electron chi connectivity index (χ2n) is 6.25. The monoisotopic (exact) mass is 388 g/mol. The number of hydrogen-bond acceptors (Lipinski definition) is 3. The van der Waals surface area contributed by atoms with Crippen molar-refractivity contribution in [3.63, 3.8) is 0 Å². The van der Waals surface area contributed by atoms with Crippen molar-refractivity contribution < 1.29 is 14.3 Å². The summed E-state index contributed by atoms with van der Waals surface area (Å²) in [5.74, 6) is 0.124. The Bertz CT molecular complexity index is 777. The lowest BCUT2D eigenvalue weighted by molar-refractivity contribution is -0.142. The molecule has 2 amide bonds. The molecule has 6 heteroatoms. The Labute approximate surface area is 165 Å². The van der Waals surface area contributed by atoms with E-state index in [4.69, 9.17) is 16.3 Å². The molecule has 0 bridgehead atoms. The normalized spacial score (nSPS) is 11.6. The van der Waals surface area contributed by atoms with Crippen LogP contribution in [0.25, 0.3) is 0 Å². The van der Waals surface area contributed by atoms with Gasteiger partial charge in [0.2, 0.25) is 5.91 Å². The van der Waals surface area contributed by atoms with E-state index >= 15 is 0 Å². The third-order valence-corrected chi connectivity index (χ3v) is 4.68. The van der Waals surface area contributed by atoms with E-state index in [1.54, 1.807) is 13.1 Å². The van der Waals surface area contributed by atoms with Crippen molar-refractivity contribution in [2.24, 2.45) is 0 Å². The van der Waals surface area contributed by atoms with Gasteiger partial charge in [0.25, 0.3) is 5.91 Å². The summed E-state index contributed by atoms with van der Waals surface area (Å²) in [6.07, 6.45) is 0.487. The zero-order chi connectivity index (χ0) is 19.8. The van der Waals surface area contributed by atoms with E-state index < -0.39 is 6.04 Å². The van der Waals surface area contributed by atoms with E-state index in [-0.39, 0.29) is 25.0 Å². The van der Waals surface area contributed by atoms with Gasteiger partial charge in [-0.05, 0) is 37.1 Å². The third kappa shape index (κ3) is 5.73. The summed E-state index contributed by atoms with van der Waals surface area (Å²) in [5.41, 5.74) is 1.89. The first-order chi connectivity index (χ1) is 13.0. The van der Waals surface area contributed by atoms with Crippen LogP contribution in [0.15, 0.2) is 48.5 Å². The molecular formula is C21H25ClN2O3. The van der Waals surface area contributed by atoms with Crippen LogP contribution in [-0.2, 0) is 16.1 Å². The first kappa shape index (κ1) is 20.8. The number of carbonyl (C=O) groups is 2. The number of amides is 2. The van der Waals surface area contributed by atoms with Crippen LogP contribution in [0.2, 0.25) is 5.02 Å². The molecule has 0 aliphatic heterocycles. The Balaban J connectivity index is 2.19. The molecule has 0 saturated carbocycles. The number of benzene rings is 2. The Hall–Kier alpha value is -2.53. The Morgan fingerprint density at radius 2 is 1.81 bits per heavy atom. The first-order valence-corrected chi connectivity index (χ1v) is 9.28. The number of halogens is 1. The van der Waals surface area contributed by atoms with E-state index in [0.29, 0.717) is 17.2 Å². The SMILES string of the molecule is CC[C@H](C(=O)NC)N(Cc1ccccc1Cl)C(=O)COc1ccc(C)cc1. The number of nitrogens with zero attached hydrogens (tertiary/aromatic N) is 1. The zero-order valence-electron chi connectivity index (χ0n) is 15.9. The van der Waals surface area contributed by atoms with Crippen LogP contribution in [0, 0.1) is 6.92 Å². The fraction of sp³-hybridized carbons (Fsp3) is 0.333. The summed E-state index contributed by atoms with van der Waals surface area (Å²) in [4.78, 5) is 26.7. The smallest absolute Gasteiger partial charge is 0.261 e. The zero-order valence-corrected chi connectivity index (χ0v) is 16.6. The van der Waals surface area contributed by atoms with Gasteiger partial charge in [-0.25, -0.2) is 0 Å². The molecule has 0 aliphatic rings. The summed E-state index contributed by atoms with van der Waals surface area (Å²) in [6, 6.07) is 14.2. The minimum absolute atomic E-state index is 0.152. The van der Waals surface area contributed by atoms with Gasteiger partial charge in [-0.15, -0.1) is 0 Å². The summed E-state index contributed by atoms with van der Waals surface area (Å²) in [6.45, 7) is 3.94. The molecule has 0 aliphatic carbocycles. The van der Waals surface area contributed by atoms with E-state index in [0.717, 1.165) is 11.1 Å². The molecule has 2 aromatic carbocycles. The quantitative estimate of drug-likeness (QED) is 0.751. The molecule has 0 saturated heterocycles. The number of ether oxygens (including phenoxy) is 1. The maximum absolute atomic E-state index is 12.9. The predicted molar refractivity (Wildman–Crippen MR) is 107 cm³/mol. The highest BCUT2D eigenvalue weighted by atomic mass is 35.5. The van der Waals surface area contributed by atoms with Crippen molar-refractivity contribution in [2.75, 3.05) is 13.7 Å². The van der Waals surface area contributed by atoms with Gasteiger partial charge in [-0.1, -0.05) is 54.4 Å². The van der Waals surface area contributed by atoms with Crippen molar-refractivity contribution in [3.8, 4) is 5.75 Å². The summed E-state index contributed by atoms with van der Waals surface area (Å²) < 4.78 is 5.62. The van der Waals surface area contributed by atoms with Gasteiger partial charge in [0.1, 0.15) is 11.8 Å². The molecule has 5 nitrogen and oxygen atoms in total. The molecule has 144 valence electrons. The molecule has 0 unspecified atom stereocenters. The van der Waals surface area contributed by atoms with Gasteiger partial charge in [0.05, 0.1) is 0 Å². The highest BCUT2D eigenvalue weighted by molar-refractivity contribution is 6.31. The van der Waals surface area contributed by atoms with Crippen molar-refractivity contribution in [1.82, 2.24) is 10.2 Å². The first-order valence-electron chi connectivity index (χ1n) is 8.90. The molecule has 1 atom stereocenters. The van der Waals surface area contributed by atoms with E-state index in [9.17, 15) is 9.59 Å². The average molecular weight is 389 g/mol. The van der Waals surface area contributed by atoms with Gasteiger partial charge in [0, 0.05) is 18.6 Å². The number of rotatable bonds is 8. The average Bonchev–Trinajstić information content (AvgIpc) is 2.68. The van der Waals surface area contributed by atoms with Crippen molar-refractivity contribution in [2.45, 2.75) is 32.9 Å². The van der Waals surface area contributed by atoms with Gasteiger partial charge >= 0.3 is 0 Å². The largest absolute Gasteiger partial charge is 0.484 e. The van der Waals surface area contributed by atoms with Crippen LogP contribution < -0.4 is 10.1 Å². The lowest BCUT2D eigenvalue weighted by Crippen LogP contribution is -2.49. The highest BCUT2D eigenvalue weighted by Crippen LogP contribution is 2.20. The van der Waals surface area contributed by atoms with Crippen molar-refractivity contribution in [3.05, 3.63) is 64.7 Å². The molecule has 0 fully saturated rings. The van der Waals surface area contributed by atoms with Crippen LogP contribution >= 0.6 is 11.6 Å². The molecule has 2 aromatic rings. The van der Waals surface area contributed by atoms with Crippen LogP contribution in [0.4, 0.5) is 0 Å². The molecule has 0 radical (unpaired) electrons. The number of hydrogen-bond donors (Lipinski definition) is 1. The van der Waals surface area contributed by atoms with Crippen LogP contribution in [0.3, 0.4) is 0 Å². The fourth-order valence-electron chi connectivity index (χ4n) is 2.76. The van der Waals surface area contributed by atoms with Gasteiger partial charge in [-0.2, -0.15) is 0 Å². The molecule has 0 heterocycles. The molecule has 0 spiro atoms. The van der Waals surface area contributed by atoms with E-state index in [2.05, 4.69) is 5.32 Å². The van der Waals surface area contributed by atoms with Crippen LogP contribution in [0.5, 0.6) is 5.75 Å². The van der Waals surface area contributed by atoms with Crippen LogP contribution in [0.1, 0.15) is 24.5 Å². The fourth-order valence-corrected chi connectivity index (χ4v) is 2.95. The number of carbonyl (C=O) groups excluding carboxylic acids is 2. The Morgan fingerprint density at radius 1 is 1.15 bits per heavy atom. The summed E-state index contributed by atoms with van der Waals surface area (Å²) in [7, 11) is 1.56. The topological polar surface area (TPSA) is 58.6 Å². The van der Waals surface area contributed by atoms with E-state index in [1.165, 1.54) is 4.90 Å². The van der Waals surface area contributed by atoms with Gasteiger partial charge in [-0.3, -0.25) is 9.59 Å². The van der Waals surface area contributed by atoms with Crippen molar-refractivity contribution in [1.29, 1.82) is 0 Å². The minimum atomic E-state index is -0.597. The van der Waals surface area contributed by atoms with Crippen LogP contribution in [-0.4, -0.2) is 36.4 Å². The molecule has 1 N–H and O–H groups in total. The molecule has 2 rings (SSSR count). The predicted octanol–water partition coefficient (Wildman–Crippen LogP) is 3.58. The van der Waals surface area contributed by atoms with Gasteiger partial charge < -0.3 is 15.0 Å². The maximum Gasteiger partial charge on any atom is 0.261 e. The lowest BCUT2D eigenvalue weighted by atomic mass is 10.1. The highest BCUT2D eigenvalue weighted by Gasteiger charge is 2.28. The number of aryl methyl sites for hydroxylation is 1. The molecule has 0 aromatic heterocycles.